The van der Waals surface area contributed by atoms with E-state index in [4.69, 9.17) is 0 Å². The maximum atomic E-state index is 2.44. The predicted octanol–water partition coefficient (Wildman–Crippen LogP) is 5.03. The summed E-state index contributed by atoms with van der Waals surface area (Å²) in [7, 11) is 0. The molecule has 1 aliphatic rings. The molecule has 1 aliphatic carbocycles. The van der Waals surface area contributed by atoms with Gasteiger partial charge in [-0.25, -0.2) is 0 Å². The van der Waals surface area contributed by atoms with E-state index in [1.165, 1.54) is 51.4 Å². The van der Waals surface area contributed by atoms with Gasteiger partial charge in [-0.2, -0.15) is 0 Å². The van der Waals surface area contributed by atoms with E-state index < -0.39 is 0 Å². The van der Waals surface area contributed by atoms with Gasteiger partial charge in [0.2, 0.25) is 0 Å². The first kappa shape index (κ1) is 12.1. The van der Waals surface area contributed by atoms with Crippen molar-refractivity contribution in [2.45, 2.75) is 72.1 Å². The minimum atomic E-state index is 1.00. The third-order valence-corrected chi connectivity index (χ3v) is 4.10. The molecule has 1 saturated carbocycles. The molecule has 0 amide bonds. The second-order valence-corrected chi connectivity index (χ2v) is 5.34. The van der Waals surface area contributed by atoms with E-state index in [-0.39, 0.29) is 0 Å². The molecule has 0 heterocycles. The summed E-state index contributed by atoms with van der Waals surface area (Å²) in [4.78, 5) is 0. The fraction of sp³-hybridized carbons (Fsp3) is 1.00. The van der Waals surface area contributed by atoms with Crippen molar-refractivity contribution in [2.75, 3.05) is 0 Å². The number of hydrogen-bond acceptors (Lipinski definition) is 0. The molecule has 0 aromatic heterocycles. The third-order valence-electron chi connectivity index (χ3n) is 4.10. The zero-order chi connectivity index (χ0) is 10.4. The molecule has 0 heteroatoms. The first-order valence-electron chi connectivity index (χ1n) is 6.77. The maximum absolute atomic E-state index is 2.44. The molecule has 0 radical (unpaired) electrons. The zero-order valence-electron chi connectivity index (χ0n) is 10.4. The Morgan fingerprint density at radius 2 is 2.00 bits per heavy atom. The molecule has 84 valence electrons. The minimum absolute atomic E-state index is 1.00. The Labute approximate surface area is 90.5 Å². The van der Waals surface area contributed by atoms with E-state index in [0.717, 1.165) is 17.8 Å². The Kier molecular flexibility index (Phi) is 5.59. The molecule has 0 saturated heterocycles. The topological polar surface area (TPSA) is 0 Å². The van der Waals surface area contributed by atoms with Crippen LogP contribution in [0.3, 0.4) is 0 Å². The molecule has 3 unspecified atom stereocenters. The van der Waals surface area contributed by atoms with E-state index >= 15 is 0 Å². The SMILES string of the molecule is CCCCC(CC)C1CCCC(C)C1. The Bertz CT molecular complexity index is 139. The van der Waals surface area contributed by atoms with E-state index in [0.29, 0.717) is 0 Å². The van der Waals surface area contributed by atoms with Crippen LogP contribution in [0.5, 0.6) is 0 Å². The molecule has 0 aromatic rings. The van der Waals surface area contributed by atoms with E-state index in [9.17, 15) is 0 Å². The van der Waals surface area contributed by atoms with Gasteiger partial charge in [-0.15, -0.1) is 0 Å². The number of hydrogen-bond donors (Lipinski definition) is 0. The first-order chi connectivity index (χ1) is 6.77. The van der Waals surface area contributed by atoms with Gasteiger partial charge in [-0.05, 0) is 24.2 Å². The second-order valence-electron chi connectivity index (χ2n) is 5.34. The lowest BCUT2D eigenvalue weighted by molar-refractivity contribution is 0.188. The van der Waals surface area contributed by atoms with Crippen molar-refractivity contribution in [1.82, 2.24) is 0 Å². The van der Waals surface area contributed by atoms with Crippen LogP contribution in [0.15, 0.2) is 0 Å². The summed E-state index contributed by atoms with van der Waals surface area (Å²) in [6.07, 6.45) is 11.7. The van der Waals surface area contributed by atoms with Crippen molar-refractivity contribution in [3.63, 3.8) is 0 Å². The van der Waals surface area contributed by atoms with Crippen molar-refractivity contribution in [1.29, 1.82) is 0 Å². The number of rotatable bonds is 5. The molecule has 3 atom stereocenters. The molecule has 0 aliphatic heterocycles. The molecule has 0 N–H and O–H groups in total. The summed E-state index contributed by atoms with van der Waals surface area (Å²) in [6, 6.07) is 0. The van der Waals surface area contributed by atoms with E-state index in [2.05, 4.69) is 20.8 Å². The first-order valence-corrected chi connectivity index (χ1v) is 6.77. The van der Waals surface area contributed by atoms with Crippen LogP contribution in [0.1, 0.15) is 72.1 Å². The van der Waals surface area contributed by atoms with Gasteiger partial charge in [0.25, 0.3) is 0 Å². The van der Waals surface area contributed by atoms with Crippen LogP contribution in [0, 0.1) is 17.8 Å². The molecule has 0 aromatic carbocycles. The lowest BCUT2D eigenvalue weighted by Crippen LogP contribution is -2.21. The highest BCUT2D eigenvalue weighted by molar-refractivity contribution is 4.76. The van der Waals surface area contributed by atoms with Gasteiger partial charge >= 0.3 is 0 Å². The lowest BCUT2D eigenvalue weighted by atomic mass is 9.73. The molecule has 0 nitrogen and oxygen atoms in total. The van der Waals surface area contributed by atoms with E-state index in [1.807, 2.05) is 0 Å². The Balaban J connectivity index is 2.34. The van der Waals surface area contributed by atoms with Crippen molar-refractivity contribution in [3.05, 3.63) is 0 Å². The third kappa shape index (κ3) is 3.63. The normalized spacial score (nSPS) is 30.2. The van der Waals surface area contributed by atoms with Gasteiger partial charge < -0.3 is 0 Å². The van der Waals surface area contributed by atoms with Gasteiger partial charge in [0.15, 0.2) is 0 Å². The monoisotopic (exact) mass is 196 g/mol. The highest BCUT2D eigenvalue weighted by Crippen LogP contribution is 2.36. The summed E-state index contributed by atoms with van der Waals surface area (Å²) >= 11 is 0. The summed E-state index contributed by atoms with van der Waals surface area (Å²) in [6.45, 7) is 7.15. The van der Waals surface area contributed by atoms with Crippen LogP contribution in [0.25, 0.3) is 0 Å². The van der Waals surface area contributed by atoms with Gasteiger partial charge in [0, 0.05) is 0 Å². The fourth-order valence-electron chi connectivity index (χ4n) is 3.15. The molecule has 1 rings (SSSR count). The van der Waals surface area contributed by atoms with Crippen LogP contribution < -0.4 is 0 Å². The highest BCUT2D eigenvalue weighted by Gasteiger charge is 2.24. The summed E-state index contributed by atoms with van der Waals surface area (Å²) in [5.74, 6) is 3.11. The molecule has 0 bridgehead atoms. The average Bonchev–Trinajstić information content (AvgIpc) is 2.19. The minimum Gasteiger partial charge on any atom is -0.0654 e. The Morgan fingerprint density at radius 1 is 1.21 bits per heavy atom. The van der Waals surface area contributed by atoms with Gasteiger partial charge in [-0.1, -0.05) is 65.7 Å². The van der Waals surface area contributed by atoms with Gasteiger partial charge in [-0.3, -0.25) is 0 Å². The predicted molar refractivity (Wildman–Crippen MR) is 64.4 cm³/mol. The summed E-state index contributed by atoms with van der Waals surface area (Å²) < 4.78 is 0. The molecular weight excluding hydrogens is 168 g/mol. The Morgan fingerprint density at radius 3 is 2.57 bits per heavy atom. The molecule has 1 fully saturated rings. The van der Waals surface area contributed by atoms with Crippen LogP contribution in [0.4, 0.5) is 0 Å². The van der Waals surface area contributed by atoms with Gasteiger partial charge in [0.05, 0.1) is 0 Å². The second kappa shape index (κ2) is 6.48. The highest BCUT2D eigenvalue weighted by atomic mass is 14.3. The van der Waals surface area contributed by atoms with Crippen molar-refractivity contribution < 1.29 is 0 Å². The largest absolute Gasteiger partial charge is 0.0654 e. The standard InChI is InChI=1S/C14H28/c1-4-6-9-13(5-2)14-10-7-8-12(3)11-14/h12-14H,4-11H2,1-3H3. The maximum Gasteiger partial charge on any atom is -0.0383 e. The van der Waals surface area contributed by atoms with Crippen LogP contribution in [-0.2, 0) is 0 Å². The lowest BCUT2D eigenvalue weighted by Gasteiger charge is -2.33. The van der Waals surface area contributed by atoms with Gasteiger partial charge in [0.1, 0.15) is 0 Å². The molecular formula is C14H28. The fourth-order valence-corrected chi connectivity index (χ4v) is 3.15. The average molecular weight is 196 g/mol. The molecule has 14 heavy (non-hydrogen) atoms. The smallest absolute Gasteiger partial charge is 0.0383 e. The summed E-state index contributed by atoms with van der Waals surface area (Å²) in [5.41, 5.74) is 0. The molecule has 0 spiro atoms. The van der Waals surface area contributed by atoms with Crippen LogP contribution >= 0.6 is 0 Å². The van der Waals surface area contributed by atoms with Crippen LogP contribution in [-0.4, -0.2) is 0 Å². The Hall–Kier alpha value is 0. The number of unbranched alkanes of at least 4 members (excludes halogenated alkanes) is 1. The summed E-state index contributed by atoms with van der Waals surface area (Å²) in [5, 5.41) is 0. The quantitative estimate of drug-likeness (QED) is 0.578. The van der Waals surface area contributed by atoms with Crippen LogP contribution in [0.2, 0.25) is 0 Å². The zero-order valence-corrected chi connectivity index (χ0v) is 10.4. The van der Waals surface area contributed by atoms with E-state index in [1.54, 1.807) is 0 Å². The van der Waals surface area contributed by atoms with Crippen molar-refractivity contribution in [2.24, 2.45) is 17.8 Å². The van der Waals surface area contributed by atoms with Crippen molar-refractivity contribution in [3.8, 4) is 0 Å². The van der Waals surface area contributed by atoms with Crippen molar-refractivity contribution >= 4 is 0 Å².